The van der Waals surface area contributed by atoms with Gasteiger partial charge in [-0.2, -0.15) is 0 Å². The largest absolute Gasteiger partial charge is 0.497 e. The van der Waals surface area contributed by atoms with Crippen LogP contribution in [0.15, 0.2) is 59.5 Å². The van der Waals surface area contributed by atoms with Crippen molar-refractivity contribution in [3.63, 3.8) is 0 Å². The normalized spacial score (nSPS) is 17.5. The molecule has 0 spiro atoms. The molecule has 0 bridgehead atoms. The quantitative estimate of drug-likeness (QED) is 0.158. The molecule has 1 aliphatic carbocycles. The molecule has 0 radical (unpaired) electrons. The average molecular weight is 542 g/mol. The predicted molar refractivity (Wildman–Crippen MR) is 157 cm³/mol. The van der Waals surface area contributed by atoms with Crippen LogP contribution in [-0.2, 0) is 0 Å². The van der Waals surface area contributed by atoms with E-state index in [4.69, 9.17) is 19.6 Å². The lowest BCUT2D eigenvalue weighted by molar-refractivity contribution is 0.162. The maximum Gasteiger partial charge on any atom is 0.185 e. The van der Waals surface area contributed by atoms with Crippen LogP contribution in [0.2, 0.25) is 0 Å². The molecule has 1 aromatic heterocycles. The Morgan fingerprint density at radius 3 is 2.84 bits per heavy atom. The molecule has 2 aromatic rings. The highest BCUT2D eigenvalue weighted by atomic mass is 32.1. The molecule has 3 atom stereocenters. The first-order chi connectivity index (χ1) is 18.5. The third-order valence-corrected chi connectivity index (χ3v) is 7.49. The topological polar surface area (TPSA) is 87.1 Å². The molecule has 0 fully saturated rings. The molecule has 38 heavy (non-hydrogen) atoms. The van der Waals surface area contributed by atoms with Crippen LogP contribution >= 0.6 is 11.3 Å². The van der Waals surface area contributed by atoms with Gasteiger partial charge in [-0.15, -0.1) is 11.3 Å². The van der Waals surface area contributed by atoms with Crippen molar-refractivity contribution in [1.29, 1.82) is 0 Å². The zero-order valence-electron chi connectivity index (χ0n) is 23.1. The first-order valence-electron chi connectivity index (χ1n) is 13.5. The zero-order valence-corrected chi connectivity index (χ0v) is 23.9. The number of aliphatic hydroxyl groups is 2. The van der Waals surface area contributed by atoms with Gasteiger partial charge in [-0.1, -0.05) is 44.2 Å². The average Bonchev–Trinajstić information content (AvgIpc) is 3.44. The fourth-order valence-electron chi connectivity index (χ4n) is 4.61. The summed E-state index contributed by atoms with van der Waals surface area (Å²) < 4.78 is 11.0. The molecule has 0 amide bonds. The third-order valence-electron chi connectivity index (χ3n) is 6.58. The summed E-state index contributed by atoms with van der Waals surface area (Å²) in [4.78, 5) is 7.43. The second kappa shape index (κ2) is 15.7. The summed E-state index contributed by atoms with van der Waals surface area (Å²) in [7, 11) is 3.33. The van der Waals surface area contributed by atoms with Crippen molar-refractivity contribution in [1.82, 2.24) is 10.3 Å². The number of nitrogens with zero attached hydrogens (tertiary/aromatic N) is 2. The molecule has 1 aliphatic rings. The Balaban J connectivity index is 1.82. The van der Waals surface area contributed by atoms with Crippen molar-refractivity contribution in [3.8, 4) is 22.8 Å². The molecular formula is C30H43N3O4S. The van der Waals surface area contributed by atoms with Gasteiger partial charge in [0.25, 0.3) is 0 Å². The van der Waals surface area contributed by atoms with Crippen LogP contribution in [0.5, 0.6) is 11.5 Å². The lowest BCUT2D eigenvalue weighted by Crippen LogP contribution is -2.33. The Labute approximate surface area is 231 Å². The van der Waals surface area contributed by atoms with Crippen LogP contribution in [-0.4, -0.2) is 61.9 Å². The van der Waals surface area contributed by atoms with E-state index in [1.54, 1.807) is 25.6 Å². The van der Waals surface area contributed by atoms with Crippen LogP contribution in [0.3, 0.4) is 0 Å². The summed E-state index contributed by atoms with van der Waals surface area (Å²) in [6.45, 7) is 6.29. The van der Waals surface area contributed by atoms with E-state index in [2.05, 4.69) is 40.7 Å². The number of allylic oxidation sites excluding steroid dienone is 2. The molecule has 1 aromatic carbocycles. The van der Waals surface area contributed by atoms with E-state index >= 15 is 0 Å². The number of hydrogen-bond donors (Lipinski definition) is 3. The SMILES string of the molecule is CC/C=C(\C=C/C(C)CN(C[C@H]1C=CCCC1)c1nc(-c2cc(OC)ccc2OC)cs1)C(O)NCCO. The second-order valence-electron chi connectivity index (χ2n) is 9.63. The van der Waals surface area contributed by atoms with Gasteiger partial charge in [-0.25, -0.2) is 4.98 Å². The Kier molecular flexibility index (Phi) is 12.3. The maximum absolute atomic E-state index is 10.5. The minimum Gasteiger partial charge on any atom is -0.497 e. The van der Waals surface area contributed by atoms with Gasteiger partial charge in [-0.3, -0.25) is 5.32 Å². The lowest BCUT2D eigenvalue weighted by atomic mass is 9.95. The number of hydrogen-bond acceptors (Lipinski definition) is 8. The molecule has 1 heterocycles. The number of benzene rings is 1. The van der Waals surface area contributed by atoms with E-state index in [9.17, 15) is 5.11 Å². The third kappa shape index (κ3) is 8.70. The molecule has 7 nitrogen and oxygen atoms in total. The summed E-state index contributed by atoms with van der Waals surface area (Å²) in [5.74, 6) is 2.26. The lowest BCUT2D eigenvalue weighted by Gasteiger charge is -2.29. The van der Waals surface area contributed by atoms with Gasteiger partial charge >= 0.3 is 0 Å². The smallest absolute Gasteiger partial charge is 0.185 e. The molecule has 2 unspecified atom stereocenters. The van der Waals surface area contributed by atoms with Crippen molar-refractivity contribution >= 4 is 16.5 Å². The molecule has 0 aliphatic heterocycles. The molecule has 0 saturated carbocycles. The summed E-state index contributed by atoms with van der Waals surface area (Å²) in [5, 5.41) is 25.5. The Hall–Kier alpha value is -2.65. The van der Waals surface area contributed by atoms with Crippen LogP contribution in [0.25, 0.3) is 11.3 Å². The first kappa shape index (κ1) is 29.9. The highest BCUT2D eigenvalue weighted by molar-refractivity contribution is 7.14. The summed E-state index contributed by atoms with van der Waals surface area (Å²) >= 11 is 1.65. The summed E-state index contributed by atoms with van der Waals surface area (Å²) in [5.41, 5.74) is 2.61. The second-order valence-corrected chi connectivity index (χ2v) is 10.5. The highest BCUT2D eigenvalue weighted by Crippen LogP contribution is 2.36. The standard InChI is InChI=1S/C30H43N3O4S/c1-5-9-24(29(35)31-16-17-34)13-12-22(2)19-33(20-23-10-7-6-8-11-23)30-32-27(21-38-30)26-18-25(36-3)14-15-28(26)37-4/h7,9-10,12-15,18,21-23,29,31,34-35H,5-6,8,11,16-17,19-20H2,1-4H3/b13-12-,24-9+/t22?,23-,29?/m0/s1. The van der Waals surface area contributed by atoms with E-state index in [0.29, 0.717) is 12.5 Å². The fourth-order valence-corrected chi connectivity index (χ4v) is 5.45. The maximum atomic E-state index is 10.5. The summed E-state index contributed by atoms with van der Waals surface area (Å²) in [6, 6.07) is 5.77. The van der Waals surface area contributed by atoms with Crippen molar-refractivity contribution in [3.05, 3.63) is 59.5 Å². The number of aromatic nitrogens is 1. The van der Waals surface area contributed by atoms with E-state index < -0.39 is 6.23 Å². The number of nitrogens with one attached hydrogen (secondary N) is 1. The van der Waals surface area contributed by atoms with Crippen LogP contribution < -0.4 is 19.7 Å². The molecule has 0 saturated heterocycles. The summed E-state index contributed by atoms with van der Waals surface area (Å²) in [6.07, 6.45) is 14.4. The van der Waals surface area contributed by atoms with Crippen molar-refractivity contribution in [2.24, 2.45) is 11.8 Å². The van der Waals surface area contributed by atoms with E-state index in [1.165, 1.54) is 12.8 Å². The number of anilines is 1. The van der Waals surface area contributed by atoms with Crippen molar-refractivity contribution in [2.75, 3.05) is 45.4 Å². The van der Waals surface area contributed by atoms with Gasteiger partial charge < -0.3 is 24.6 Å². The fraction of sp³-hybridized carbons (Fsp3) is 0.500. The molecule has 208 valence electrons. The molecule has 3 rings (SSSR count). The Bertz CT molecular complexity index is 1080. The van der Waals surface area contributed by atoms with Gasteiger partial charge in [-0.05, 0) is 61.3 Å². The van der Waals surface area contributed by atoms with Crippen molar-refractivity contribution in [2.45, 2.75) is 45.8 Å². The monoisotopic (exact) mass is 541 g/mol. The highest BCUT2D eigenvalue weighted by Gasteiger charge is 2.20. The minimum atomic E-state index is -0.798. The number of ether oxygens (including phenoxy) is 2. The van der Waals surface area contributed by atoms with Gasteiger partial charge in [0.1, 0.15) is 17.7 Å². The van der Waals surface area contributed by atoms with Gasteiger partial charge in [0.15, 0.2) is 5.13 Å². The van der Waals surface area contributed by atoms with Gasteiger partial charge in [0.2, 0.25) is 0 Å². The minimum absolute atomic E-state index is 0.0153. The van der Waals surface area contributed by atoms with E-state index in [1.807, 2.05) is 37.3 Å². The number of thiazole rings is 1. The Morgan fingerprint density at radius 1 is 1.32 bits per heavy atom. The Morgan fingerprint density at radius 2 is 2.16 bits per heavy atom. The first-order valence-corrected chi connectivity index (χ1v) is 14.4. The number of rotatable bonds is 15. The van der Waals surface area contributed by atoms with Crippen LogP contribution in [0.4, 0.5) is 5.13 Å². The van der Waals surface area contributed by atoms with Crippen LogP contribution in [0.1, 0.15) is 39.5 Å². The molecule has 8 heteroatoms. The number of aliphatic hydroxyl groups excluding tert-OH is 2. The predicted octanol–water partition coefficient (Wildman–Crippen LogP) is 5.42. The van der Waals surface area contributed by atoms with Gasteiger partial charge in [0.05, 0.1) is 26.5 Å². The van der Waals surface area contributed by atoms with Gasteiger partial charge in [0, 0.05) is 30.6 Å². The molecular weight excluding hydrogens is 498 g/mol. The van der Waals surface area contributed by atoms with E-state index in [-0.39, 0.29) is 12.5 Å². The molecule has 3 N–H and O–H groups in total. The van der Waals surface area contributed by atoms with Crippen molar-refractivity contribution < 1.29 is 19.7 Å². The zero-order chi connectivity index (χ0) is 27.3. The van der Waals surface area contributed by atoms with Crippen LogP contribution in [0, 0.1) is 11.8 Å². The number of methoxy groups -OCH3 is 2. The van der Waals surface area contributed by atoms with E-state index in [0.717, 1.165) is 59.4 Å².